The quantitative estimate of drug-likeness (QED) is 0.573. The fourth-order valence-electron chi connectivity index (χ4n) is 2.19. The van der Waals surface area contributed by atoms with Gasteiger partial charge in [-0.2, -0.15) is 0 Å². The fraction of sp³-hybridized carbons (Fsp3) is 0.235. The summed E-state index contributed by atoms with van der Waals surface area (Å²) in [6.45, 7) is 0.428. The van der Waals surface area contributed by atoms with Crippen LogP contribution in [0.4, 0.5) is 10.5 Å². The van der Waals surface area contributed by atoms with E-state index in [-0.39, 0.29) is 16.5 Å². The molecule has 2 aromatic rings. The van der Waals surface area contributed by atoms with E-state index in [1.807, 2.05) is 6.07 Å². The lowest BCUT2D eigenvalue weighted by Crippen LogP contribution is -2.25. The number of ether oxygens (including phenoxy) is 1. The van der Waals surface area contributed by atoms with Gasteiger partial charge in [0.25, 0.3) is 5.69 Å². The Balaban J connectivity index is 2.05. The molecule has 0 radical (unpaired) electrons. The molecule has 2 rings (SSSR count). The van der Waals surface area contributed by atoms with Crippen LogP contribution < -0.4 is 4.74 Å². The van der Waals surface area contributed by atoms with Crippen molar-refractivity contribution >= 4 is 23.4 Å². The van der Waals surface area contributed by atoms with Gasteiger partial charge in [-0.3, -0.25) is 10.1 Å². The molecule has 0 aromatic heterocycles. The number of nitrogens with zero attached hydrogens (tertiary/aromatic N) is 2. The van der Waals surface area contributed by atoms with Crippen molar-refractivity contribution in [2.45, 2.75) is 12.8 Å². The van der Waals surface area contributed by atoms with Crippen LogP contribution in [0.25, 0.3) is 0 Å². The van der Waals surface area contributed by atoms with Crippen molar-refractivity contribution in [2.24, 2.45) is 0 Å². The number of benzene rings is 2. The smallest absolute Gasteiger partial charge is 0.407 e. The Hall–Kier alpha value is -2.80. The number of hydrogen-bond donors (Lipinski definition) is 1. The lowest BCUT2D eigenvalue weighted by molar-refractivity contribution is -0.384. The minimum absolute atomic E-state index is 0.104. The van der Waals surface area contributed by atoms with Crippen molar-refractivity contribution in [1.82, 2.24) is 4.90 Å². The number of amides is 1. The second-order valence-electron chi connectivity index (χ2n) is 5.43. The topological polar surface area (TPSA) is 92.9 Å². The van der Waals surface area contributed by atoms with E-state index in [1.54, 1.807) is 18.2 Å². The molecule has 7 nitrogen and oxygen atoms in total. The molecular formula is C17H17ClN2O5. The number of non-ortho nitro benzene ring substituents is 1. The number of carbonyl (C=O) groups is 1. The number of halogens is 1. The van der Waals surface area contributed by atoms with Crippen LogP contribution in [0.5, 0.6) is 11.5 Å². The minimum Gasteiger partial charge on any atom is -0.465 e. The van der Waals surface area contributed by atoms with Crippen molar-refractivity contribution in [3.63, 3.8) is 0 Å². The number of aryl methyl sites for hydroxylation is 1. The standard InChI is InChI=1S/C17H17ClN2O5/c1-19(17(21)22)9-3-5-12-4-2-6-14(10-12)25-16-11-13(20(23)24)7-8-15(16)18/h2,4,6-8,10-11H,3,5,9H2,1H3,(H,21,22). The Morgan fingerprint density at radius 2 is 2.08 bits per heavy atom. The third-order valence-corrected chi connectivity index (χ3v) is 3.85. The summed E-state index contributed by atoms with van der Waals surface area (Å²) < 4.78 is 5.67. The predicted octanol–water partition coefficient (Wildman–Crippen LogP) is 4.58. The Bertz CT molecular complexity index is 781. The summed E-state index contributed by atoms with van der Waals surface area (Å²) in [6.07, 6.45) is 0.388. The van der Waals surface area contributed by atoms with Gasteiger partial charge in [0.15, 0.2) is 5.75 Å². The molecule has 1 amide bonds. The second-order valence-corrected chi connectivity index (χ2v) is 5.84. The zero-order chi connectivity index (χ0) is 18.4. The fourth-order valence-corrected chi connectivity index (χ4v) is 2.35. The van der Waals surface area contributed by atoms with E-state index in [1.165, 1.54) is 30.1 Å². The summed E-state index contributed by atoms with van der Waals surface area (Å²) in [6, 6.07) is 11.2. The summed E-state index contributed by atoms with van der Waals surface area (Å²) in [7, 11) is 1.52. The molecule has 0 fully saturated rings. The van der Waals surface area contributed by atoms with Crippen LogP contribution in [-0.2, 0) is 6.42 Å². The molecular weight excluding hydrogens is 348 g/mol. The number of hydrogen-bond acceptors (Lipinski definition) is 4. The van der Waals surface area contributed by atoms with Gasteiger partial charge in [-0.15, -0.1) is 0 Å². The van der Waals surface area contributed by atoms with E-state index in [0.717, 1.165) is 5.56 Å². The Labute approximate surface area is 149 Å². The van der Waals surface area contributed by atoms with Crippen LogP contribution in [0.1, 0.15) is 12.0 Å². The van der Waals surface area contributed by atoms with Gasteiger partial charge in [-0.25, -0.2) is 4.79 Å². The molecule has 0 saturated carbocycles. The number of nitro benzene ring substituents is 1. The zero-order valence-electron chi connectivity index (χ0n) is 13.5. The maximum atomic E-state index is 10.9. The normalized spacial score (nSPS) is 10.3. The molecule has 25 heavy (non-hydrogen) atoms. The van der Waals surface area contributed by atoms with E-state index in [9.17, 15) is 14.9 Å². The third kappa shape index (κ3) is 5.36. The molecule has 0 unspecified atom stereocenters. The molecule has 0 aliphatic carbocycles. The third-order valence-electron chi connectivity index (χ3n) is 3.54. The first-order valence-electron chi connectivity index (χ1n) is 7.51. The molecule has 2 aromatic carbocycles. The summed E-state index contributed by atoms with van der Waals surface area (Å²) >= 11 is 6.03. The van der Waals surface area contributed by atoms with Crippen LogP contribution in [0.2, 0.25) is 5.02 Å². The summed E-state index contributed by atoms with van der Waals surface area (Å²) in [5.41, 5.74) is 0.866. The number of rotatable bonds is 7. The summed E-state index contributed by atoms with van der Waals surface area (Å²) in [5.74, 6) is 0.713. The molecule has 0 saturated heterocycles. The van der Waals surface area contributed by atoms with E-state index in [4.69, 9.17) is 21.4 Å². The van der Waals surface area contributed by atoms with Crippen molar-refractivity contribution in [3.05, 3.63) is 63.2 Å². The van der Waals surface area contributed by atoms with Crippen molar-refractivity contribution in [2.75, 3.05) is 13.6 Å². The highest BCUT2D eigenvalue weighted by Crippen LogP contribution is 2.33. The molecule has 0 aliphatic heterocycles. The zero-order valence-corrected chi connectivity index (χ0v) is 14.3. The minimum atomic E-state index is -0.961. The lowest BCUT2D eigenvalue weighted by atomic mass is 10.1. The summed E-state index contributed by atoms with van der Waals surface area (Å²) in [5, 5.41) is 20.0. The largest absolute Gasteiger partial charge is 0.465 e. The SMILES string of the molecule is CN(CCCc1cccc(Oc2cc([N+](=O)[O-])ccc2Cl)c1)C(=O)O. The van der Waals surface area contributed by atoms with Crippen molar-refractivity contribution < 1.29 is 19.6 Å². The van der Waals surface area contributed by atoms with Gasteiger partial charge in [0.2, 0.25) is 0 Å². The van der Waals surface area contributed by atoms with Gasteiger partial charge >= 0.3 is 6.09 Å². The van der Waals surface area contributed by atoms with Crippen LogP contribution in [0.3, 0.4) is 0 Å². The van der Waals surface area contributed by atoms with Crippen molar-refractivity contribution in [1.29, 1.82) is 0 Å². The summed E-state index contributed by atoms with van der Waals surface area (Å²) in [4.78, 5) is 22.3. The predicted molar refractivity (Wildman–Crippen MR) is 93.6 cm³/mol. The van der Waals surface area contributed by atoms with Crippen LogP contribution in [-0.4, -0.2) is 34.6 Å². The maximum Gasteiger partial charge on any atom is 0.407 e. The highest BCUT2D eigenvalue weighted by atomic mass is 35.5. The molecule has 0 atom stereocenters. The van der Waals surface area contributed by atoms with E-state index in [2.05, 4.69) is 0 Å². The van der Waals surface area contributed by atoms with Gasteiger partial charge in [0.05, 0.1) is 16.0 Å². The molecule has 132 valence electrons. The average molecular weight is 365 g/mol. The van der Waals surface area contributed by atoms with Crippen LogP contribution in [0, 0.1) is 10.1 Å². The van der Waals surface area contributed by atoms with Crippen LogP contribution in [0.15, 0.2) is 42.5 Å². The second kappa shape index (κ2) is 8.34. The molecule has 0 bridgehead atoms. The molecule has 8 heteroatoms. The monoisotopic (exact) mass is 364 g/mol. The lowest BCUT2D eigenvalue weighted by Gasteiger charge is -2.13. The first-order valence-corrected chi connectivity index (χ1v) is 7.89. The van der Waals surface area contributed by atoms with Crippen molar-refractivity contribution in [3.8, 4) is 11.5 Å². The van der Waals surface area contributed by atoms with Gasteiger partial charge in [-0.05, 0) is 36.6 Å². The molecule has 1 N–H and O–H groups in total. The van der Waals surface area contributed by atoms with E-state index in [0.29, 0.717) is 25.1 Å². The van der Waals surface area contributed by atoms with Gasteiger partial charge in [0, 0.05) is 19.7 Å². The first kappa shape index (κ1) is 18.5. The molecule has 0 heterocycles. The van der Waals surface area contributed by atoms with Gasteiger partial charge < -0.3 is 14.7 Å². The van der Waals surface area contributed by atoms with Gasteiger partial charge in [0.1, 0.15) is 5.75 Å². The maximum absolute atomic E-state index is 10.9. The Morgan fingerprint density at radius 3 is 2.76 bits per heavy atom. The molecule has 0 aliphatic rings. The Morgan fingerprint density at radius 1 is 1.32 bits per heavy atom. The highest BCUT2D eigenvalue weighted by Gasteiger charge is 2.12. The van der Waals surface area contributed by atoms with E-state index >= 15 is 0 Å². The number of nitro groups is 1. The first-order chi connectivity index (χ1) is 11.9. The van der Waals surface area contributed by atoms with E-state index < -0.39 is 11.0 Å². The average Bonchev–Trinajstić information content (AvgIpc) is 2.57. The highest BCUT2D eigenvalue weighted by molar-refractivity contribution is 6.32. The molecule has 0 spiro atoms. The van der Waals surface area contributed by atoms with Crippen LogP contribution >= 0.6 is 11.6 Å². The number of carboxylic acid groups (broad SMARTS) is 1. The Kier molecular flexibility index (Phi) is 6.19. The van der Waals surface area contributed by atoms with Gasteiger partial charge in [-0.1, -0.05) is 23.7 Å².